The number of ether oxygens (including phenoxy) is 2. The van der Waals surface area contributed by atoms with Gasteiger partial charge in [0.15, 0.2) is 5.96 Å². The van der Waals surface area contributed by atoms with E-state index in [0.717, 1.165) is 57.6 Å². The van der Waals surface area contributed by atoms with E-state index < -0.39 is 0 Å². The molecule has 5 nitrogen and oxygen atoms in total. The maximum atomic E-state index is 5.77. The summed E-state index contributed by atoms with van der Waals surface area (Å²) in [6.45, 7) is 8.82. The summed E-state index contributed by atoms with van der Waals surface area (Å²) in [5.74, 6) is 1.66. The van der Waals surface area contributed by atoms with Crippen LogP contribution in [0.5, 0.6) is 0 Å². The first kappa shape index (κ1) is 20.2. The highest BCUT2D eigenvalue weighted by Gasteiger charge is 2.15. The lowest BCUT2D eigenvalue weighted by atomic mass is 9.97. The van der Waals surface area contributed by atoms with Crippen LogP contribution in [0.2, 0.25) is 0 Å². The summed E-state index contributed by atoms with van der Waals surface area (Å²) in [6, 6.07) is 0. The lowest BCUT2D eigenvalue weighted by Gasteiger charge is -2.19. The third-order valence-electron chi connectivity index (χ3n) is 4.30. The molecule has 1 heterocycles. The number of nitrogens with zero attached hydrogens (tertiary/aromatic N) is 1. The van der Waals surface area contributed by atoms with E-state index in [2.05, 4.69) is 29.5 Å². The Morgan fingerprint density at radius 2 is 2.09 bits per heavy atom. The van der Waals surface area contributed by atoms with Crippen LogP contribution in [0.1, 0.15) is 58.8 Å². The second-order valence-corrected chi connectivity index (χ2v) is 6.39. The summed E-state index contributed by atoms with van der Waals surface area (Å²) in [7, 11) is 1.84. The van der Waals surface area contributed by atoms with Crippen molar-refractivity contribution < 1.29 is 9.47 Å². The number of aliphatic imine (C=N–C) groups is 1. The van der Waals surface area contributed by atoms with E-state index in [0.29, 0.717) is 6.10 Å². The molecule has 0 aromatic heterocycles. The second kappa shape index (κ2) is 13.6. The van der Waals surface area contributed by atoms with Crippen molar-refractivity contribution in [2.75, 3.05) is 40.0 Å². The third-order valence-corrected chi connectivity index (χ3v) is 4.30. The van der Waals surface area contributed by atoms with Crippen LogP contribution in [0.25, 0.3) is 0 Å². The Hall–Kier alpha value is -0.810. The van der Waals surface area contributed by atoms with Crippen LogP contribution in [0, 0.1) is 5.92 Å². The van der Waals surface area contributed by atoms with E-state index in [-0.39, 0.29) is 0 Å². The van der Waals surface area contributed by atoms with Gasteiger partial charge in [0.25, 0.3) is 0 Å². The molecule has 2 atom stereocenters. The Kier molecular flexibility index (Phi) is 12.0. The van der Waals surface area contributed by atoms with E-state index in [4.69, 9.17) is 9.47 Å². The minimum Gasteiger partial charge on any atom is -0.379 e. The molecule has 0 aromatic carbocycles. The van der Waals surface area contributed by atoms with Crippen LogP contribution in [-0.4, -0.2) is 52.0 Å². The summed E-state index contributed by atoms with van der Waals surface area (Å²) in [5, 5.41) is 6.85. The molecule has 0 saturated carbocycles. The molecular weight excluding hydrogens is 290 g/mol. The maximum Gasteiger partial charge on any atom is 0.190 e. The fourth-order valence-electron chi connectivity index (χ4n) is 2.88. The first-order valence-electron chi connectivity index (χ1n) is 9.44. The van der Waals surface area contributed by atoms with Crippen molar-refractivity contribution in [2.24, 2.45) is 10.9 Å². The Morgan fingerprint density at radius 3 is 2.74 bits per heavy atom. The normalized spacial score (nSPS) is 19.8. The lowest BCUT2D eigenvalue weighted by Crippen LogP contribution is -2.40. The van der Waals surface area contributed by atoms with Gasteiger partial charge in [-0.2, -0.15) is 0 Å². The molecule has 1 aliphatic rings. The summed E-state index contributed by atoms with van der Waals surface area (Å²) in [6.07, 6.45) is 8.79. The van der Waals surface area contributed by atoms with Gasteiger partial charge in [-0.3, -0.25) is 4.99 Å². The van der Waals surface area contributed by atoms with Gasteiger partial charge in [0, 0.05) is 33.4 Å². The maximum absolute atomic E-state index is 5.77. The molecule has 0 radical (unpaired) electrons. The minimum absolute atomic E-state index is 0.306. The van der Waals surface area contributed by atoms with Crippen molar-refractivity contribution in [1.29, 1.82) is 0 Å². The number of rotatable bonds is 12. The monoisotopic (exact) mass is 327 g/mol. The number of hydrogen-bond acceptors (Lipinski definition) is 3. The zero-order valence-electron chi connectivity index (χ0n) is 15.4. The van der Waals surface area contributed by atoms with Gasteiger partial charge in [0.05, 0.1) is 12.7 Å². The molecule has 0 spiro atoms. The predicted molar refractivity (Wildman–Crippen MR) is 97.1 cm³/mol. The highest BCUT2D eigenvalue weighted by Crippen LogP contribution is 2.13. The van der Waals surface area contributed by atoms with Crippen LogP contribution in [0.15, 0.2) is 4.99 Å². The van der Waals surface area contributed by atoms with Crippen LogP contribution in [0.4, 0.5) is 0 Å². The molecule has 23 heavy (non-hydrogen) atoms. The lowest BCUT2D eigenvalue weighted by molar-refractivity contribution is 0.0420. The van der Waals surface area contributed by atoms with Gasteiger partial charge in [0.1, 0.15) is 0 Å². The van der Waals surface area contributed by atoms with E-state index in [1.165, 1.54) is 32.1 Å². The van der Waals surface area contributed by atoms with Crippen LogP contribution in [0.3, 0.4) is 0 Å². The van der Waals surface area contributed by atoms with E-state index >= 15 is 0 Å². The molecular formula is C18H37N3O2. The first-order chi connectivity index (χ1) is 11.3. The molecule has 1 aliphatic heterocycles. The van der Waals surface area contributed by atoms with Crippen molar-refractivity contribution in [3.63, 3.8) is 0 Å². The number of hydrogen-bond donors (Lipinski definition) is 2. The molecule has 0 aliphatic carbocycles. The van der Waals surface area contributed by atoms with Crippen LogP contribution in [-0.2, 0) is 9.47 Å². The highest BCUT2D eigenvalue weighted by atomic mass is 16.5. The second-order valence-electron chi connectivity index (χ2n) is 6.39. The Labute approximate surface area is 142 Å². The molecule has 1 fully saturated rings. The zero-order chi connectivity index (χ0) is 16.8. The summed E-state index contributed by atoms with van der Waals surface area (Å²) in [4.78, 5) is 4.31. The van der Waals surface area contributed by atoms with Crippen molar-refractivity contribution in [3.8, 4) is 0 Å². The van der Waals surface area contributed by atoms with E-state index in [1.807, 2.05) is 7.05 Å². The summed E-state index contributed by atoms with van der Waals surface area (Å²) < 4.78 is 11.1. The Morgan fingerprint density at radius 1 is 1.22 bits per heavy atom. The van der Waals surface area contributed by atoms with Gasteiger partial charge in [-0.25, -0.2) is 0 Å². The standard InChI is InChI=1S/C18H37N3O2/c1-4-6-9-16(8-5-2)14-21-18(19-3)20-11-7-12-23-17-10-13-22-15-17/h16-17H,4-15H2,1-3H3,(H2,19,20,21). The van der Waals surface area contributed by atoms with Crippen molar-refractivity contribution in [2.45, 2.75) is 64.9 Å². The SMILES string of the molecule is CCCCC(CCC)CNC(=NC)NCCCOC1CCOC1. The minimum atomic E-state index is 0.306. The van der Waals surface area contributed by atoms with Gasteiger partial charge < -0.3 is 20.1 Å². The molecule has 1 saturated heterocycles. The molecule has 136 valence electrons. The van der Waals surface area contributed by atoms with Crippen molar-refractivity contribution in [1.82, 2.24) is 10.6 Å². The first-order valence-corrected chi connectivity index (χ1v) is 9.44. The van der Waals surface area contributed by atoms with Crippen molar-refractivity contribution >= 4 is 5.96 Å². The van der Waals surface area contributed by atoms with Gasteiger partial charge in [0.2, 0.25) is 0 Å². The van der Waals surface area contributed by atoms with Crippen LogP contribution < -0.4 is 10.6 Å². The summed E-state index contributed by atoms with van der Waals surface area (Å²) in [5.41, 5.74) is 0. The molecule has 2 N–H and O–H groups in total. The number of nitrogens with one attached hydrogen (secondary N) is 2. The van der Waals surface area contributed by atoms with Crippen LogP contribution >= 0.6 is 0 Å². The van der Waals surface area contributed by atoms with Gasteiger partial charge in [-0.05, 0) is 31.6 Å². The molecule has 0 aromatic rings. The number of guanidine groups is 1. The summed E-state index contributed by atoms with van der Waals surface area (Å²) >= 11 is 0. The van der Waals surface area contributed by atoms with Gasteiger partial charge in [-0.15, -0.1) is 0 Å². The zero-order valence-corrected chi connectivity index (χ0v) is 15.4. The largest absolute Gasteiger partial charge is 0.379 e. The molecule has 5 heteroatoms. The number of unbranched alkanes of at least 4 members (excludes halogenated alkanes) is 1. The third kappa shape index (κ3) is 9.82. The quantitative estimate of drug-likeness (QED) is 0.329. The average Bonchev–Trinajstić information content (AvgIpc) is 3.08. The van der Waals surface area contributed by atoms with E-state index in [1.54, 1.807) is 0 Å². The van der Waals surface area contributed by atoms with E-state index in [9.17, 15) is 0 Å². The fraction of sp³-hybridized carbons (Fsp3) is 0.944. The van der Waals surface area contributed by atoms with Gasteiger partial charge in [-0.1, -0.05) is 33.1 Å². The smallest absolute Gasteiger partial charge is 0.190 e. The van der Waals surface area contributed by atoms with Gasteiger partial charge >= 0.3 is 0 Å². The van der Waals surface area contributed by atoms with Crippen molar-refractivity contribution in [3.05, 3.63) is 0 Å². The topological polar surface area (TPSA) is 54.9 Å². The average molecular weight is 328 g/mol. The Bertz CT molecular complexity index is 305. The molecule has 0 bridgehead atoms. The molecule has 1 rings (SSSR count). The molecule has 2 unspecified atom stereocenters. The Balaban J connectivity index is 2.09. The predicted octanol–water partition coefficient (Wildman–Crippen LogP) is 2.95. The molecule has 0 amide bonds. The fourth-order valence-corrected chi connectivity index (χ4v) is 2.88. The highest BCUT2D eigenvalue weighted by molar-refractivity contribution is 5.79.